The van der Waals surface area contributed by atoms with Crippen molar-refractivity contribution in [3.63, 3.8) is 0 Å². The fourth-order valence-corrected chi connectivity index (χ4v) is 2.20. The molecule has 0 bridgehead atoms. The third kappa shape index (κ3) is 3.66. The molecule has 0 aliphatic heterocycles. The first kappa shape index (κ1) is 12.8. The molecule has 0 radical (unpaired) electrons. The van der Waals surface area contributed by atoms with Crippen molar-refractivity contribution in [2.75, 3.05) is 13.2 Å². The lowest BCUT2D eigenvalue weighted by Crippen LogP contribution is -2.07. The summed E-state index contributed by atoms with van der Waals surface area (Å²) in [5, 5.41) is 0. The normalized spacial score (nSPS) is 15.0. The smallest absolute Gasteiger partial charge is 0.136 e. The van der Waals surface area contributed by atoms with E-state index in [1.54, 1.807) is 0 Å². The van der Waals surface area contributed by atoms with Crippen molar-refractivity contribution in [1.82, 2.24) is 0 Å². The molecule has 1 aliphatic rings. The molecule has 1 aromatic rings. The molecular weight excluding hydrogens is 289 g/mol. The molecule has 1 aromatic carbocycles. The summed E-state index contributed by atoms with van der Waals surface area (Å²) in [5.74, 6) is 6.06. The fraction of sp³-hybridized carbons (Fsp3) is 0.500. The van der Waals surface area contributed by atoms with E-state index in [-0.39, 0.29) is 5.82 Å². The molecular formula is C12H15BrFNO2. The molecule has 0 atom stereocenters. The quantitative estimate of drug-likeness (QED) is 0.822. The number of rotatable bonds is 6. The van der Waals surface area contributed by atoms with Crippen LogP contribution < -0.4 is 10.6 Å². The van der Waals surface area contributed by atoms with Gasteiger partial charge in [-0.3, -0.25) is 0 Å². The first-order valence-corrected chi connectivity index (χ1v) is 6.42. The number of benzene rings is 1. The number of ether oxygens (including phenoxy) is 1. The molecule has 0 saturated heterocycles. The molecule has 0 spiro atoms. The van der Waals surface area contributed by atoms with Crippen LogP contribution in [0, 0.1) is 11.7 Å². The van der Waals surface area contributed by atoms with E-state index in [0.717, 1.165) is 5.56 Å². The molecule has 0 aromatic heterocycles. The van der Waals surface area contributed by atoms with Gasteiger partial charge in [0.25, 0.3) is 0 Å². The van der Waals surface area contributed by atoms with E-state index in [1.807, 2.05) is 0 Å². The van der Waals surface area contributed by atoms with Crippen LogP contribution in [0.4, 0.5) is 4.39 Å². The molecule has 5 heteroatoms. The highest BCUT2D eigenvalue weighted by molar-refractivity contribution is 9.10. The fourth-order valence-electron chi connectivity index (χ4n) is 1.62. The summed E-state index contributed by atoms with van der Waals surface area (Å²) in [6.07, 6.45) is 2.98. The second-order valence-corrected chi connectivity index (χ2v) is 5.11. The van der Waals surface area contributed by atoms with E-state index in [1.165, 1.54) is 25.0 Å². The van der Waals surface area contributed by atoms with Gasteiger partial charge in [0.15, 0.2) is 0 Å². The van der Waals surface area contributed by atoms with Crippen molar-refractivity contribution >= 4 is 15.9 Å². The lowest BCUT2D eigenvalue weighted by Gasteiger charge is -2.13. The van der Waals surface area contributed by atoms with Crippen LogP contribution >= 0.6 is 15.9 Å². The zero-order valence-corrected chi connectivity index (χ0v) is 11.0. The molecule has 2 N–H and O–H groups in total. The first-order valence-electron chi connectivity index (χ1n) is 5.63. The zero-order valence-electron chi connectivity index (χ0n) is 9.42. The Morgan fingerprint density at radius 2 is 2.18 bits per heavy atom. The third-order valence-electron chi connectivity index (χ3n) is 2.73. The van der Waals surface area contributed by atoms with Gasteiger partial charge in [0.2, 0.25) is 0 Å². The Bertz CT molecular complexity index is 396. The average Bonchev–Trinajstić information content (AvgIpc) is 3.08. The lowest BCUT2D eigenvalue weighted by molar-refractivity contribution is 0.140. The summed E-state index contributed by atoms with van der Waals surface area (Å²) >= 11 is 3.32. The van der Waals surface area contributed by atoms with Gasteiger partial charge in [-0.05, 0) is 46.8 Å². The lowest BCUT2D eigenvalue weighted by atomic mass is 10.1. The third-order valence-corrected chi connectivity index (χ3v) is 3.32. The van der Waals surface area contributed by atoms with Gasteiger partial charge in [-0.25, -0.2) is 10.3 Å². The van der Waals surface area contributed by atoms with E-state index in [2.05, 4.69) is 20.8 Å². The van der Waals surface area contributed by atoms with Crippen LogP contribution in [0.1, 0.15) is 18.4 Å². The van der Waals surface area contributed by atoms with Crippen molar-refractivity contribution in [3.8, 4) is 5.75 Å². The molecule has 1 aliphatic carbocycles. The van der Waals surface area contributed by atoms with Gasteiger partial charge in [0.05, 0.1) is 17.7 Å². The Hall–Kier alpha value is -0.650. The van der Waals surface area contributed by atoms with Crippen molar-refractivity contribution in [3.05, 3.63) is 28.0 Å². The minimum Gasteiger partial charge on any atom is -0.492 e. The molecule has 17 heavy (non-hydrogen) atoms. The largest absolute Gasteiger partial charge is 0.492 e. The summed E-state index contributed by atoms with van der Waals surface area (Å²) in [5.41, 5.74) is 0.781. The van der Waals surface area contributed by atoms with Crippen LogP contribution in [-0.2, 0) is 11.3 Å². The van der Waals surface area contributed by atoms with E-state index < -0.39 is 0 Å². The molecule has 94 valence electrons. The molecule has 3 nitrogen and oxygen atoms in total. The Balaban J connectivity index is 2.12. The first-order chi connectivity index (χ1) is 8.20. The number of hydrogen-bond donors (Lipinski definition) is 1. The van der Waals surface area contributed by atoms with Crippen LogP contribution in [0.15, 0.2) is 16.6 Å². The Morgan fingerprint density at radius 1 is 1.41 bits per heavy atom. The Kier molecular flexibility index (Phi) is 4.36. The molecule has 0 amide bonds. The Morgan fingerprint density at radius 3 is 2.82 bits per heavy atom. The maximum atomic E-state index is 13.3. The molecule has 0 heterocycles. The predicted molar refractivity (Wildman–Crippen MR) is 66.2 cm³/mol. The topological polar surface area (TPSA) is 44.5 Å². The van der Waals surface area contributed by atoms with Crippen molar-refractivity contribution in [2.45, 2.75) is 19.3 Å². The van der Waals surface area contributed by atoms with Crippen molar-refractivity contribution < 1.29 is 14.0 Å². The summed E-state index contributed by atoms with van der Waals surface area (Å²) in [6.45, 7) is 1.04. The van der Waals surface area contributed by atoms with Gasteiger partial charge >= 0.3 is 0 Å². The zero-order chi connectivity index (χ0) is 12.3. The van der Waals surface area contributed by atoms with Gasteiger partial charge < -0.3 is 9.57 Å². The molecule has 1 fully saturated rings. The minimum absolute atomic E-state index is 0.289. The van der Waals surface area contributed by atoms with Crippen LogP contribution in [-0.4, -0.2) is 13.2 Å². The summed E-state index contributed by atoms with van der Waals surface area (Å²) in [6, 6.07) is 2.88. The maximum absolute atomic E-state index is 13.3. The average molecular weight is 304 g/mol. The SMILES string of the molecule is NOCCc1cc(F)cc(Br)c1OCC1CC1. The number of halogens is 2. The summed E-state index contributed by atoms with van der Waals surface area (Å²) in [7, 11) is 0. The van der Waals surface area contributed by atoms with Gasteiger partial charge in [-0.15, -0.1) is 0 Å². The van der Waals surface area contributed by atoms with E-state index in [0.29, 0.717) is 35.8 Å². The van der Waals surface area contributed by atoms with E-state index in [9.17, 15) is 4.39 Å². The highest BCUT2D eigenvalue weighted by Crippen LogP contribution is 2.34. The Labute approximate surface area is 108 Å². The van der Waals surface area contributed by atoms with Gasteiger partial charge in [-0.1, -0.05) is 0 Å². The molecule has 1 saturated carbocycles. The van der Waals surface area contributed by atoms with E-state index >= 15 is 0 Å². The minimum atomic E-state index is -0.289. The van der Waals surface area contributed by atoms with Crippen LogP contribution in [0.5, 0.6) is 5.75 Å². The molecule has 0 unspecified atom stereocenters. The monoisotopic (exact) mass is 303 g/mol. The highest BCUT2D eigenvalue weighted by Gasteiger charge is 2.23. The summed E-state index contributed by atoms with van der Waals surface area (Å²) < 4.78 is 19.7. The number of hydrogen-bond acceptors (Lipinski definition) is 3. The van der Waals surface area contributed by atoms with Crippen LogP contribution in [0.25, 0.3) is 0 Å². The second kappa shape index (κ2) is 5.80. The van der Waals surface area contributed by atoms with Crippen LogP contribution in [0.2, 0.25) is 0 Å². The van der Waals surface area contributed by atoms with Gasteiger partial charge in [-0.2, -0.15) is 0 Å². The van der Waals surface area contributed by atoms with Gasteiger partial charge in [0, 0.05) is 12.0 Å². The number of nitrogens with two attached hydrogens (primary N) is 1. The standard InChI is InChI=1S/C12H15BrFNO2/c13-11-6-10(14)5-9(3-4-17-15)12(11)16-7-8-1-2-8/h5-6,8H,1-4,7,15H2. The molecule has 2 rings (SSSR count). The van der Waals surface area contributed by atoms with E-state index in [4.69, 9.17) is 10.6 Å². The maximum Gasteiger partial charge on any atom is 0.136 e. The van der Waals surface area contributed by atoms with Crippen molar-refractivity contribution in [1.29, 1.82) is 0 Å². The predicted octanol–water partition coefficient (Wildman–Crippen LogP) is 2.81. The summed E-state index contributed by atoms with van der Waals surface area (Å²) in [4.78, 5) is 4.53. The second-order valence-electron chi connectivity index (χ2n) is 4.25. The van der Waals surface area contributed by atoms with Gasteiger partial charge in [0.1, 0.15) is 11.6 Å². The highest BCUT2D eigenvalue weighted by atomic mass is 79.9. The van der Waals surface area contributed by atoms with Crippen molar-refractivity contribution in [2.24, 2.45) is 11.8 Å². The van der Waals surface area contributed by atoms with Crippen LogP contribution in [0.3, 0.4) is 0 Å².